The first-order valence-corrected chi connectivity index (χ1v) is 10.5. The van der Waals surface area contributed by atoms with E-state index in [0.29, 0.717) is 40.7 Å². The lowest BCUT2D eigenvalue weighted by molar-refractivity contribution is 0.135. The summed E-state index contributed by atoms with van der Waals surface area (Å²) in [5.41, 5.74) is 4.37. The van der Waals surface area contributed by atoms with Crippen LogP contribution in [0.15, 0.2) is 35.6 Å². The van der Waals surface area contributed by atoms with Crippen molar-refractivity contribution in [2.45, 2.75) is 38.7 Å². The molecule has 0 aromatic carbocycles. The Morgan fingerprint density at radius 2 is 2.06 bits per heavy atom. The van der Waals surface area contributed by atoms with Gasteiger partial charge < -0.3 is 10.2 Å². The predicted octanol–water partition coefficient (Wildman–Crippen LogP) is 4.00. The maximum atomic E-state index is 13.1. The number of hydrogen-bond acceptors (Lipinski definition) is 6. The van der Waals surface area contributed by atoms with Gasteiger partial charge in [0.05, 0.1) is 28.8 Å². The van der Waals surface area contributed by atoms with Crippen LogP contribution >= 0.6 is 0 Å². The van der Waals surface area contributed by atoms with E-state index in [2.05, 4.69) is 39.3 Å². The second-order valence-corrected chi connectivity index (χ2v) is 8.62. The van der Waals surface area contributed by atoms with Crippen molar-refractivity contribution in [3.05, 3.63) is 36.3 Å². The molecule has 0 spiro atoms. The standard InChI is InChI=1S/C22H25F2N7/c1-12-10-30(3)11-18(12)28-22-25-9-19-14(6-7-31(19)29-22)16-4-5-17-21(27-16)15(8-20(23)24)13(2)26-17/h4-7,9,12,15,18,20H,8,10-11H2,1-3H3,(H,28,29)/t12-,15?,18+/m1/s1. The van der Waals surface area contributed by atoms with E-state index in [1.807, 2.05) is 24.4 Å². The molecule has 5 heterocycles. The largest absolute Gasteiger partial charge is 0.349 e. The normalized spacial score (nSPS) is 23.5. The lowest BCUT2D eigenvalue weighted by atomic mass is 9.97. The lowest BCUT2D eigenvalue weighted by Gasteiger charge is -2.16. The van der Waals surface area contributed by atoms with Crippen molar-refractivity contribution < 1.29 is 8.78 Å². The van der Waals surface area contributed by atoms with Crippen LogP contribution in [0.4, 0.5) is 20.4 Å². The van der Waals surface area contributed by atoms with Crippen molar-refractivity contribution in [2.75, 3.05) is 25.5 Å². The fraction of sp³-hybridized carbons (Fsp3) is 0.455. The quantitative estimate of drug-likeness (QED) is 0.669. The molecule has 1 fully saturated rings. The zero-order chi connectivity index (χ0) is 21.7. The van der Waals surface area contributed by atoms with Gasteiger partial charge in [-0.05, 0) is 38.1 Å². The van der Waals surface area contributed by atoms with Crippen molar-refractivity contribution in [2.24, 2.45) is 10.9 Å². The van der Waals surface area contributed by atoms with Gasteiger partial charge >= 0.3 is 0 Å². The van der Waals surface area contributed by atoms with Gasteiger partial charge in [0.1, 0.15) is 0 Å². The van der Waals surface area contributed by atoms with Crippen LogP contribution < -0.4 is 5.32 Å². The van der Waals surface area contributed by atoms with Gasteiger partial charge in [-0.3, -0.25) is 4.99 Å². The van der Waals surface area contributed by atoms with Gasteiger partial charge in [0.2, 0.25) is 12.4 Å². The first kappa shape index (κ1) is 20.0. The summed E-state index contributed by atoms with van der Waals surface area (Å²) in [4.78, 5) is 15.9. The molecular weight excluding hydrogens is 400 g/mol. The maximum absolute atomic E-state index is 13.1. The van der Waals surface area contributed by atoms with Crippen LogP contribution in [-0.4, -0.2) is 62.8 Å². The second-order valence-electron chi connectivity index (χ2n) is 8.62. The number of aromatic nitrogens is 4. The third-order valence-corrected chi connectivity index (χ3v) is 6.25. The Morgan fingerprint density at radius 1 is 1.23 bits per heavy atom. The summed E-state index contributed by atoms with van der Waals surface area (Å²) < 4.78 is 27.9. The minimum Gasteiger partial charge on any atom is -0.349 e. The molecule has 0 aliphatic carbocycles. The van der Waals surface area contributed by atoms with E-state index in [9.17, 15) is 8.78 Å². The number of alkyl halides is 2. The number of anilines is 1. The van der Waals surface area contributed by atoms with E-state index in [1.165, 1.54) is 0 Å². The van der Waals surface area contributed by atoms with Gasteiger partial charge in [-0.15, -0.1) is 5.10 Å². The first-order valence-electron chi connectivity index (χ1n) is 10.5. The molecule has 0 bridgehead atoms. The minimum atomic E-state index is -2.40. The Balaban J connectivity index is 1.43. The molecule has 5 rings (SSSR count). The molecule has 1 unspecified atom stereocenters. The fourth-order valence-electron chi connectivity index (χ4n) is 4.64. The SMILES string of the molecule is CC1=Nc2ccc(-c3ccn4nc(N[C@H]5CN(C)C[C@H]5C)ncc34)nc2C1CC(F)F. The van der Waals surface area contributed by atoms with Crippen LogP contribution in [0.1, 0.15) is 31.9 Å². The molecule has 3 atom stereocenters. The Hall–Kier alpha value is -2.94. The highest BCUT2D eigenvalue weighted by Crippen LogP contribution is 2.39. The predicted molar refractivity (Wildman–Crippen MR) is 116 cm³/mol. The van der Waals surface area contributed by atoms with E-state index < -0.39 is 12.3 Å². The average Bonchev–Trinajstić information content (AvgIpc) is 3.37. The molecule has 162 valence electrons. The number of nitrogens with zero attached hydrogens (tertiary/aromatic N) is 6. The van der Waals surface area contributed by atoms with Crippen molar-refractivity contribution in [3.63, 3.8) is 0 Å². The molecule has 2 aliphatic heterocycles. The van der Waals surface area contributed by atoms with E-state index in [-0.39, 0.29) is 6.42 Å². The van der Waals surface area contributed by atoms with E-state index in [0.717, 1.165) is 24.2 Å². The lowest BCUT2D eigenvalue weighted by Crippen LogP contribution is -2.28. The summed E-state index contributed by atoms with van der Waals surface area (Å²) in [6.45, 7) is 6.01. The summed E-state index contributed by atoms with van der Waals surface area (Å²) in [6, 6.07) is 5.97. The molecule has 1 N–H and O–H groups in total. The summed E-state index contributed by atoms with van der Waals surface area (Å²) in [6.07, 6.45) is 0.988. The second kappa shape index (κ2) is 7.64. The van der Waals surface area contributed by atoms with Gasteiger partial charge in [-0.25, -0.2) is 23.3 Å². The van der Waals surface area contributed by atoms with Gasteiger partial charge in [-0.2, -0.15) is 0 Å². The smallest absolute Gasteiger partial charge is 0.241 e. The first-order chi connectivity index (χ1) is 14.9. The zero-order valence-electron chi connectivity index (χ0n) is 17.8. The fourth-order valence-corrected chi connectivity index (χ4v) is 4.64. The average molecular weight is 425 g/mol. The van der Waals surface area contributed by atoms with Crippen LogP contribution in [0, 0.1) is 5.92 Å². The van der Waals surface area contributed by atoms with Crippen LogP contribution in [-0.2, 0) is 0 Å². The number of halogens is 2. The summed E-state index contributed by atoms with van der Waals surface area (Å²) in [7, 11) is 2.11. The summed E-state index contributed by atoms with van der Waals surface area (Å²) >= 11 is 0. The molecule has 31 heavy (non-hydrogen) atoms. The molecular formula is C22H25F2N7. The zero-order valence-corrected chi connectivity index (χ0v) is 17.8. The van der Waals surface area contributed by atoms with Gasteiger partial charge in [-0.1, -0.05) is 6.92 Å². The van der Waals surface area contributed by atoms with Crippen molar-refractivity contribution >= 4 is 22.9 Å². The summed E-state index contributed by atoms with van der Waals surface area (Å²) in [5.74, 6) is 0.666. The van der Waals surface area contributed by atoms with Crippen LogP contribution in [0.3, 0.4) is 0 Å². The molecule has 0 radical (unpaired) electrons. The van der Waals surface area contributed by atoms with E-state index >= 15 is 0 Å². The number of fused-ring (bicyclic) bond motifs is 2. The number of rotatable bonds is 5. The molecule has 0 saturated carbocycles. The molecule has 1 saturated heterocycles. The highest BCUT2D eigenvalue weighted by atomic mass is 19.3. The highest BCUT2D eigenvalue weighted by molar-refractivity contribution is 5.96. The minimum absolute atomic E-state index is 0.262. The Kier molecular flexibility index (Phi) is 4.92. The molecule has 3 aromatic heterocycles. The Morgan fingerprint density at radius 3 is 2.81 bits per heavy atom. The van der Waals surface area contributed by atoms with E-state index in [4.69, 9.17) is 4.98 Å². The maximum Gasteiger partial charge on any atom is 0.241 e. The van der Waals surface area contributed by atoms with Crippen molar-refractivity contribution in [3.8, 4) is 11.3 Å². The van der Waals surface area contributed by atoms with Gasteiger partial charge in [0.15, 0.2) is 0 Å². The number of likely N-dealkylation sites (tertiary alicyclic amines) is 1. The molecule has 0 amide bonds. The Labute approximate surface area is 179 Å². The molecule has 7 nitrogen and oxygen atoms in total. The van der Waals surface area contributed by atoms with Gasteiger partial charge in [0.25, 0.3) is 0 Å². The number of pyridine rings is 1. The summed E-state index contributed by atoms with van der Waals surface area (Å²) in [5, 5.41) is 8.05. The third kappa shape index (κ3) is 3.67. The van der Waals surface area contributed by atoms with Crippen molar-refractivity contribution in [1.82, 2.24) is 24.5 Å². The molecule has 9 heteroatoms. The third-order valence-electron chi connectivity index (χ3n) is 6.25. The number of hydrogen-bond donors (Lipinski definition) is 1. The Bertz CT molecular complexity index is 1160. The van der Waals surface area contributed by atoms with Gasteiger partial charge in [0, 0.05) is 48.9 Å². The monoisotopic (exact) mass is 425 g/mol. The molecule has 3 aromatic rings. The molecule has 2 aliphatic rings. The van der Waals surface area contributed by atoms with Crippen LogP contribution in [0.2, 0.25) is 0 Å². The van der Waals surface area contributed by atoms with E-state index in [1.54, 1.807) is 17.6 Å². The topological polar surface area (TPSA) is 70.7 Å². The number of likely N-dealkylation sites (N-methyl/N-ethyl adjacent to an activating group) is 1. The highest BCUT2D eigenvalue weighted by Gasteiger charge is 2.30. The van der Waals surface area contributed by atoms with Crippen LogP contribution in [0.25, 0.3) is 16.8 Å². The van der Waals surface area contributed by atoms with Crippen molar-refractivity contribution in [1.29, 1.82) is 0 Å². The van der Waals surface area contributed by atoms with Crippen LogP contribution in [0.5, 0.6) is 0 Å². The number of aliphatic imine (C=N–C) groups is 1. The number of nitrogens with one attached hydrogen (secondary N) is 1.